The van der Waals surface area contributed by atoms with Gasteiger partial charge in [-0.3, -0.25) is 9.59 Å². The molecule has 1 aliphatic rings. The topological polar surface area (TPSA) is 133 Å². The summed E-state index contributed by atoms with van der Waals surface area (Å²) in [7, 11) is 0. The second-order valence-corrected chi connectivity index (χ2v) is 5.24. The number of aliphatic hydroxyl groups excluding tert-OH is 1. The first-order valence-corrected chi connectivity index (χ1v) is 6.17. The number of aliphatic hydroxyl groups is 3. The SMILES string of the molecule is CC(C)(O)C1C(C(N)=O)=CC=CC1(O)C(=O)NCCO. The van der Waals surface area contributed by atoms with E-state index in [4.69, 9.17) is 10.8 Å². The fourth-order valence-electron chi connectivity index (χ4n) is 2.39. The molecule has 0 fully saturated rings. The quantitative estimate of drug-likeness (QED) is 0.406. The Hall–Kier alpha value is -1.70. The summed E-state index contributed by atoms with van der Waals surface area (Å²) < 4.78 is 0. The van der Waals surface area contributed by atoms with Gasteiger partial charge in [0.25, 0.3) is 5.91 Å². The summed E-state index contributed by atoms with van der Waals surface area (Å²) in [4.78, 5) is 23.6. The number of primary amides is 1. The van der Waals surface area contributed by atoms with E-state index in [0.717, 1.165) is 0 Å². The van der Waals surface area contributed by atoms with Gasteiger partial charge in [-0.2, -0.15) is 0 Å². The lowest BCUT2D eigenvalue weighted by molar-refractivity contribution is -0.148. The maximum Gasteiger partial charge on any atom is 0.256 e. The number of carbonyl (C=O) groups excluding carboxylic acids is 2. The molecule has 1 rings (SSSR count). The van der Waals surface area contributed by atoms with Gasteiger partial charge in [-0.15, -0.1) is 0 Å². The van der Waals surface area contributed by atoms with E-state index in [9.17, 15) is 19.8 Å². The molecule has 0 spiro atoms. The lowest BCUT2D eigenvalue weighted by atomic mass is 9.69. The van der Waals surface area contributed by atoms with Crippen LogP contribution < -0.4 is 11.1 Å². The largest absolute Gasteiger partial charge is 0.395 e. The highest BCUT2D eigenvalue weighted by atomic mass is 16.3. The number of rotatable bonds is 5. The molecule has 112 valence electrons. The van der Waals surface area contributed by atoms with Crippen LogP contribution in [0, 0.1) is 5.92 Å². The maximum atomic E-state index is 12.1. The summed E-state index contributed by atoms with van der Waals surface area (Å²) in [6.07, 6.45) is 3.88. The van der Waals surface area contributed by atoms with Crippen LogP contribution in [0.4, 0.5) is 0 Å². The minimum Gasteiger partial charge on any atom is -0.395 e. The third-order valence-corrected chi connectivity index (χ3v) is 3.13. The van der Waals surface area contributed by atoms with Gasteiger partial charge in [0.2, 0.25) is 5.91 Å². The number of allylic oxidation sites excluding steroid dienone is 2. The molecule has 0 saturated carbocycles. The minimum atomic E-state index is -2.12. The summed E-state index contributed by atoms with van der Waals surface area (Å²) in [5.41, 5.74) is 1.52. The van der Waals surface area contributed by atoms with E-state index >= 15 is 0 Å². The molecule has 2 atom stereocenters. The van der Waals surface area contributed by atoms with Crippen molar-refractivity contribution in [2.24, 2.45) is 11.7 Å². The number of hydrogen-bond acceptors (Lipinski definition) is 5. The zero-order valence-corrected chi connectivity index (χ0v) is 11.5. The Labute approximate surface area is 116 Å². The van der Waals surface area contributed by atoms with E-state index in [1.54, 1.807) is 0 Å². The van der Waals surface area contributed by atoms with Crippen molar-refractivity contribution in [2.75, 3.05) is 13.2 Å². The summed E-state index contributed by atoms with van der Waals surface area (Å²) in [6.45, 7) is 2.40. The lowest BCUT2D eigenvalue weighted by Gasteiger charge is -2.41. The van der Waals surface area contributed by atoms with E-state index in [1.165, 1.54) is 32.1 Å². The molecule has 2 unspecified atom stereocenters. The van der Waals surface area contributed by atoms with Gasteiger partial charge in [-0.25, -0.2) is 0 Å². The van der Waals surface area contributed by atoms with Crippen LogP contribution in [0.15, 0.2) is 23.8 Å². The van der Waals surface area contributed by atoms with Crippen molar-refractivity contribution in [3.63, 3.8) is 0 Å². The van der Waals surface area contributed by atoms with Gasteiger partial charge < -0.3 is 26.4 Å². The normalized spacial score (nSPS) is 26.1. The zero-order valence-electron chi connectivity index (χ0n) is 11.5. The lowest BCUT2D eigenvalue weighted by Crippen LogP contribution is -2.59. The van der Waals surface area contributed by atoms with Crippen molar-refractivity contribution in [1.29, 1.82) is 0 Å². The first-order chi connectivity index (χ1) is 9.14. The smallest absolute Gasteiger partial charge is 0.256 e. The molecule has 0 radical (unpaired) electrons. The molecule has 0 heterocycles. The van der Waals surface area contributed by atoms with Crippen molar-refractivity contribution in [1.82, 2.24) is 5.32 Å². The molecule has 1 aliphatic carbocycles. The third kappa shape index (κ3) is 3.06. The van der Waals surface area contributed by atoms with Gasteiger partial charge in [-0.05, 0) is 19.9 Å². The highest BCUT2D eigenvalue weighted by Gasteiger charge is 2.52. The van der Waals surface area contributed by atoms with Gasteiger partial charge in [0.05, 0.1) is 18.1 Å². The van der Waals surface area contributed by atoms with Crippen LogP contribution in [0.2, 0.25) is 0 Å². The van der Waals surface area contributed by atoms with Crippen LogP contribution in [0.5, 0.6) is 0 Å². The number of hydrogen-bond donors (Lipinski definition) is 5. The van der Waals surface area contributed by atoms with E-state index in [-0.39, 0.29) is 18.7 Å². The number of amides is 2. The first kappa shape index (κ1) is 16.4. The summed E-state index contributed by atoms with van der Waals surface area (Å²) in [6, 6.07) is 0. The Kier molecular flexibility index (Phi) is 4.69. The van der Waals surface area contributed by atoms with Gasteiger partial charge in [-0.1, -0.05) is 12.2 Å². The molecule has 0 bridgehead atoms. The Balaban J connectivity index is 3.24. The number of nitrogens with one attached hydrogen (secondary N) is 1. The third-order valence-electron chi connectivity index (χ3n) is 3.13. The van der Waals surface area contributed by atoms with Crippen molar-refractivity contribution in [2.45, 2.75) is 25.0 Å². The highest BCUT2D eigenvalue weighted by molar-refractivity contribution is 5.97. The van der Waals surface area contributed by atoms with Crippen LogP contribution in [0.3, 0.4) is 0 Å². The maximum absolute atomic E-state index is 12.1. The van der Waals surface area contributed by atoms with E-state index in [0.29, 0.717) is 0 Å². The second kappa shape index (κ2) is 5.74. The van der Waals surface area contributed by atoms with Crippen LogP contribution in [0.25, 0.3) is 0 Å². The van der Waals surface area contributed by atoms with Crippen LogP contribution >= 0.6 is 0 Å². The molecule has 0 aliphatic heterocycles. The molecule has 0 saturated heterocycles. The van der Waals surface area contributed by atoms with Crippen molar-refractivity contribution >= 4 is 11.8 Å². The average Bonchev–Trinajstić information content (AvgIpc) is 2.33. The molecule has 7 nitrogen and oxygen atoms in total. The Morgan fingerprint density at radius 2 is 2.10 bits per heavy atom. The zero-order chi connectivity index (χ0) is 15.6. The Morgan fingerprint density at radius 1 is 1.50 bits per heavy atom. The summed E-state index contributed by atoms with van der Waals surface area (Å²) in [5, 5.41) is 31.8. The minimum absolute atomic E-state index is 0.0401. The summed E-state index contributed by atoms with van der Waals surface area (Å²) >= 11 is 0. The van der Waals surface area contributed by atoms with E-state index in [1.807, 2.05) is 0 Å². The second-order valence-electron chi connectivity index (χ2n) is 5.24. The van der Waals surface area contributed by atoms with Crippen LogP contribution in [-0.2, 0) is 9.59 Å². The van der Waals surface area contributed by atoms with Gasteiger partial charge in [0.1, 0.15) is 0 Å². The van der Waals surface area contributed by atoms with E-state index < -0.39 is 28.9 Å². The van der Waals surface area contributed by atoms with Crippen LogP contribution in [-0.4, -0.2) is 51.5 Å². The molecule has 0 aromatic heterocycles. The molecule has 20 heavy (non-hydrogen) atoms. The van der Waals surface area contributed by atoms with Crippen molar-refractivity contribution in [3.8, 4) is 0 Å². The van der Waals surface area contributed by atoms with Gasteiger partial charge in [0.15, 0.2) is 5.60 Å². The predicted molar refractivity (Wildman–Crippen MR) is 71.3 cm³/mol. The van der Waals surface area contributed by atoms with Crippen molar-refractivity contribution < 1.29 is 24.9 Å². The highest BCUT2D eigenvalue weighted by Crippen LogP contribution is 2.38. The van der Waals surface area contributed by atoms with Crippen LogP contribution in [0.1, 0.15) is 13.8 Å². The fraction of sp³-hybridized carbons (Fsp3) is 0.538. The summed E-state index contributed by atoms with van der Waals surface area (Å²) in [5.74, 6) is -2.85. The molecule has 7 heteroatoms. The molecule has 2 amide bonds. The first-order valence-electron chi connectivity index (χ1n) is 6.17. The molecule has 6 N–H and O–H groups in total. The van der Waals surface area contributed by atoms with Gasteiger partial charge in [0, 0.05) is 12.1 Å². The molecular weight excluding hydrogens is 264 g/mol. The molecule has 0 aromatic carbocycles. The Bertz CT molecular complexity index is 464. The predicted octanol–water partition coefficient (Wildman–Crippen LogP) is -1.81. The average molecular weight is 284 g/mol. The standard InChI is InChI=1S/C13H20N2O5/c1-12(2,19)9-8(10(14)17)4-3-5-13(9,20)11(18)15-6-7-16/h3-5,9,16,19-20H,6-7H2,1-2H3,(H2,14,17)(H,15,18). The van der Waals surface area contributed by atoms with Gasteiger partial charge >= 0.3 is 0 Å². The van der Waals surface area contributed by atoms with Crippen molar-refractivity contribution in [3.05, 3.63) is 23.8 Å². The fourth-order valence-corrected chi connectivity index (χ4v) is 2.39. The monoisotopic (exact) mass is 284 g/mol. The van der Waals surface area contributed by atoms with E-state index in [2.05, 4.69) is 5.32 Å². The molecular formula is C13H20N2O5. The number of carbonyl (C=O) groups is 2. The molecule has 0 aromatic rings. The number of nitrogens with two attached hydrogens (primary N) is 1. The Morgan fingerprint density at radius 3 is 2.55 bits per heavy atom.